The first-order valence-electron chi connectivity index (χ1n) is 11.6. The number of aromatic nitrogens is 4. The number of ether oxygens (including phenoxy) is 1. The molecule has 1 amide bonds. The molecular formula is C27H22ClN5O3. The number of nitrogens with one attached hydrogen (secondary N) is 1. The first kappa shape index (κ1) is 22.3. The van der Waals surface area contributed by atoms with Crippen LogP contribution in [0.5, 0.6) is 5.75 Å². The molecule has 1 aliphatic rings. The zero-order valence-electron chi connectivity index (χ0n) is 19.4. The molecule has 9 heteroatoms. The van der Waals surface area contributed by atoms with E-state index in [0.717, 1.165) is 35.4 Å². The summed E-state index contributed by atoms with van der Waals surface area (Å²) in [6.07, 6.45) is 5.46. The molecule has 5 aromatic rings. The third kappa shape index (κ3) is 4.43. The van der Waals surface area contributed by atoms with E-state index in [1.54, 1.807) is 24.2 Å². The van der Waals surface area contributed by atoms with Gasteiger partial charge in [0.05, 0.1) is 35.8 Å². The van der Waals surface area contributed by atoms with Gasteiger partial charge in [0.2, 0.25) is 0 Å². The number of rotatable bonds is 7. The smallest absolute Gasteiger partial charge is 0.259 e. The molecule has 8 nitrogen and oxygen atoms in total. The van der Waals surface area contributed by atoms with Crippen LogP contribution in [-0.2, 0) is 6.54 Å². The fraction of sp³-hybridized carbons (Fsp3) is 0.185. The summed E-state index contributed by atoms with van der Waals surface area (Å²) in [5.41, 5.74) is 4.74. The summed E-state index contributed by atoms with van der Waals surface area (Å²) < 4.78 is 12.6. The predicted octanol–water partition coefficient (Wildman–Crippen LogP) is 5.93. The number of hydrogen-bond acceptors (Lipinski definition) is 6. The van der Waals surface area contributed by atoms with E-state index >= 15 is 0 Å². The molecule has 3 aromatic heterocycles. The van der Waals surface area contributed by atoms with E-state index in [-0.39, 0.29) is 5.91 Å². The molecule has 1 N–H and O–H groups in total. The fourth-order valence-corrected chi connectivity index (χ4v) is 4.40. The highest BCUT2D eigenvalue weighted by molar-refractivity contribution is 6.30. The van der Waals surface area contributed by atoms with Crippen molar-refractivity contribution in [3.63, 3.8) is 0 Å². The second-order valence-corrected chi connectivity index (χ2v) is 9.26. The number of halogens is 1. The van der Waals surface area contributed by atoms with Gasteiger partial charge in [-0.2, -0.15) is 5.10 Å². The van der Waals surface area contributed by atoms with Gasteiger partial charge in [-0.25, -0.2) is 4.98 Å². The SMILES string of the molecule is COc1ccc(-c2noc3nc(C4CC4)cc(C(=O)Nc4cccc(Cn5cc(Cl)cn5)c4)c23)cc1. The third-order valence-electron chi connectivity index (χ3n) is 6.20. The number of hydrogen-bond donors (Lipinski definition) is 1. The van der Waals surface area contributed by atoms with E-state index in [4.69, 9.17) is 20.9 Å². The van der Waals surface area contributed by atoms with Gasteiger partial charge in [0, 0.05) is 29.1 Å². The maximum atomic E-state index is 13.6. The Hall–Kier alpha value is -4.17. The van der Waals surface area contributed by atoms with E-state index < -0.39 is 0 Å². The molecule has 0 radical (unpaired) electrons. The van der Waals surface area contributed by atoms with Crippen molar-refractivity contribution in [3.05, 3.63) is 88.8 Å². The minimum Gasteiger partial charge on any atom is -0.497 e. The Bertz CT molecular complexity index is 1570. The molecule has 36 heavy (non-hydrogen) atoms. The fourth-order valence-electron chi connectivity index (χ4n) is 4.24. The van der Waals surface area contributed by atoms with Crippen molar-refractivity contribution in [1.82, 2.24) is 19.9 Å². The van der Waals surface area contributed by atoms with Crippen LogP contribution in [0.15, 0.2) is 71.5 Å². The number of pyridine rings is 1. The van der Waals surface area contributed by atoms with E-state index in [1.807, 2.05) is 54.6 Å². The molecule has 0 unspecified atom stereocenters. The molecular weight excluding hydrogens is 478 g/mol. The molecule has 0 saturated heterocycles. The predicted molar refractivity (Wildman–Crippen MR) is 137 cm³/mol. The van der Waals surface area contributed by atoms with Crippen LogP contribution in [0.25, 0.3) is 22.4 Å². The zero-order chi connectivity index (χ0) is 24.6. The molecule has 3 heterocycles. The number of fused-ring (bicyclic) bond motifs is 1. The highest BCUT2D eigenvalue weighted by Crippen LogP contribution is 2.41. The van der Waals surface area contributed by atoms with Crippen LogP contribution in [0, 0.1) is 0 Å². The van der Waals surface area contributed by atoms with Crippen LogP contribution < -0.4 is 10.1 Å². The van der Waals surface area contributed by atoms with Crippen LogP contribution in [0.3, 0.4) is 0 Å². The lowest BCUT2D eigenvalue weighted by Crippen LogP contribution is -2.14. The van der Waals surface area contributed by atoms with Gasteiger partial charge < -0.3 is 14.6 Å². The minimum atomic E-state index is -0.249. The van der Waals surface area contributed by atoms with Gasteiger partial charge in [0.25, 0.3) is 11.6 Å². The lowest BCUT2D eigenvalue weighted by molar-refractivity contribution is 0.102. The maximum Gasteiger partial charge on any atom is 0.259 e. The van der Waals surface area contributed by atoms with Crippen molar-refractivity contribution < 1.29 is 14.1 Å². The molecule has 180 valence electrons. The van der Waals surface area contributed by atoms with Gasteiger partial charge in [-0.05, 0) is 60.9 Å². The molecule has 0 aliphatic heterocycles. The Morgan fingerprint density at radius 2 is 2.03 bits per heavy atom. The first-order chi connectivity index (χ1) is 17.6. The molecule has 1 saturated carbocycles. The summed E-state index contributed by atoms with van der Waals surface area (Å²) in [6.45, 7) is 0.537. The van der Waals surface area contributed by atoms with E-state index in [0.29, 0.717) is 45.5 Å². The van der Waals surface area contributed by atoms with Gasteiger partial charge in [0.1, 0.15) is 11.4 Å². The number of carbonyl (C=O) groups is 1. The van der Waals surface area contributed by atoms with Crippen molar-refractivity contribution in [2.24, 2.45) is 0 Å². The Kier molecular flexibility index (Phi) is 5.65. The highest BCUT2D eigenvalue weighted by atomic mass is 35.5. The van der Waals surface area contributed by atoms with Gasteiger partial charge in [-0.1, -0.05) is 28.9 Å². The Balaban J connectivity index is 1.35. The Morgan fingerprint density at radius 1 is 1.19 bits per heavy atom. The second kappa shape index (κ2) is 9.13. The average Bonchev–Trinajstić information content (AvgIpc) is 3.54. The summed E-state index contributed by atoms with van der Waals surface area (Å²) in [5, 5.41) is 12.7. The maximum absolute atomic E-state index is 13.6. The normalized spacial score (nSPS) is 13.2. The molecule has 2 aromatic carbocycles. The summed E-state index contributed by atoms with van der Waals surface area (Å²) in [4.78, 5) is 18.3. The van der Waals surface area contributed by atoms with Crippen LogP contribution in [0.2, 0.25) is 5.02 Å². The number of amides is 1. The van der Waals surface area contributed by atoms with Crippen LogP contribution in [0.1, 0.15) is 40.4 Å². The summed E-state index contributed by atoms with van der Waals surface area (Å²) in [6, 6.07) is 17.0. The van der Waals surface area contributed by atoms with Gasteiger partial charge in [-0.3, -0.25) is 9.48 Å². The number of benzene rings is 2. The largest absolute Gasteiger partial charge is 0.497 e. The summed E-state index contributed by atoms with van der Waals surface area (Å²) >= 11 is 5.98. The molecule has 6 rings (SSSR count). The third-order valence-corrected chi connectivity index (χ3v) is 6.40. The number of carbonyl (C=O) groups excluding carboxylic acids is 1. The zero-order valence-corrected chi connectivity index (χ0v) is 20.2. The lowest BCUT2D eigenvalue weighted by atomic mass is 10.0. The van der Waals surface area contributed by atoms with Crippen molar-refractivity contribution >= 4 is 34.3 Å². The molecule has 0 atom stereocenters. The first-order valence-corrected chi connectivity index (χ1v) is 12.0. The average molecular weight is 500 g/mol. The summed E-state index contributed by atoms with van der Waals surface area (Å²) in [7, 11) is 1.62. The topological polar surface area (TPSA) is 95.1 Å². The van der Waals surface area contributed by atoms with Crippen molar-refractivity contribution in [2.75, 3.05) is 12.4 Å². The quantitative estimate of drug-likeness (QED) is 0.298. The van der Waals surface area contributed by atoms with Crippen LogP contribution >= 0.6 is 11.6 Å². The molecule has 1 aliphatic carbocycles. The lowest BCUT2D eigenvalue weighted by Gasteiger charge is -2.10. The Labute approximate surface area is 211 Å². The van der Waals surface area contributed by atoms with Gasteiger partial charge in [-0.15, -0.1) is 0 Å². The second-order valence-electron chi connectivity index (χ2n) is 8.82. The number of nitrogens with zero attached hydrogens (tertiary/aromatic N) is 4. The van der Waals surface area contributed by atoms with Crippen LogP contribution in [-0.4, -0.2) is 32.9 Å². The minimum absolute atomic E-state index is 0.249. The van der Waals surface area contributed by atoms with Gasteiger partial charge >= 0.3 is 0 Å². The number of anilines is 1. The highest BCUT2D eigenvalue weighted by Gasteiger charge is 2.29. The van der Waals surface area contributed by atoms with E-state index in [2.05, 4.69) is 20.6 Å². The van der Waals surface area contributed by atoms with Crippen molar-refractivity contribution in [2.45, 2.75) is 25.3 Å². The molecule has 0 spiro atoms. The van der Waals surface area contributed by atoms with E-state index in [9.17, 15) is 4.79 Å². The van der Waals surface area contributed by atoms with Crippen molar-refractivity contribution in [3.8, 4) is 17.0 Å². The Morgan fingerprint density at radius 3 is 2.75 bits per heavy atom. The number of methoxy groups -OCH3 is 1. The van der Waals surface area contributed by atoms with Crippen molar-refractivity contribution in [1.29, 1.82) is 0 Å². The summed E-state index contributed by atoms with van der Waals surface area (Å²) in [5.74, 6) is 0.831. The monoisotopic (exact) mass is 499 g/mol. The van der Waals surface area contributed by atoms with E-state index in [1.165, 1.54) is 0 Å². The molecule has 0 bridgehead atoms. The molecule has 1 fully saturated rings. The standard InChI is InChI=1S/C27H22ClN5O3/c1-35-21-9-7-18(8-10-21)25-24-22(12-23(17-5-6-17)31-27(24)36-32-25)26(34)30-20-4-2-3-16(11-20)14-33-15-19(28)13-29-33/h2-4,7-13,15,17H,5-6,14H2,1H3,(H,30,34). The van der Waals surface area contributed by atoms with Gasteiger partial charge in [0.15, 0.2) is 0 Å². The van der Waals surface area contributed by atoms with Crippen LogP contribution in [0.4, 0.5) is 5.69 Å².